The summed E-state index contributed by atoms with van der Waals surface area (Å²) in [7, 11) is 0. The molecule has 1 aliphatic carbocycles. The van der Waals surface area contributed by atoms with Crippen LogP contribution in [0.4, 0.5) is 0 Å². The summed E-state index contributed by atoms with van der Waals surface area (Å²) in [5.74, 6) is 0.692. The van der Waals surface area contributed by atoms with Gasteiger partial charge in [-0.15, -0.1) is 0 Å². The van der Waals surface area contributed by atoms with Crippen LogP contribution in [0.25, 0.3) is 88.9 Å². The van der Waals surface area contributed by atoms with Gasteiger partial charge in [0.1, 0.15) is 11.2 Å². The monoisotopic (exact) mass is 702 g/mol. The molecule has 0 N–H and O–H groups in total. The zero-order valence-electron chi connectivity index (χ0n) is 30.2. The molecule has 0 spiro atoms. The number of benzene rings is 8. The van der Waals surface area contributed by atoms with Crippen molar-refractivity contribution >= 4 is 32.7 Å². The van der Waals surface area contributed by atoms with Crippen LogP contribution < -0.4 is 0 Å². The van der Waals surface area contributed by atoms with Crippen molar-refractivity contribution in [3.8, 4) is 56.2 Å². The Morgan fingerprint density at radius 2 is 0.964 bits per heavy atom. The number of furan rings is 1. The van der Waals surface area contributed by atoms with Gasteiger partial charge in [0.15, 0.2) is 5.82 Å². The normalized spacial score (nSPS) is 14.7. The van der Waals surface area contributed by atoms with E-state index in [1.807, 2.05) is 18.2 Å². The molecule has 10 aromatic rings. The first kappa shape index (κ1) is 31.4. The Kier molecular flexibility index (Phi) is 6.99. The van der Waals surface area contributed by atoms with Crippen LogP contribution in [0.3, 0.4) is 0 Å². The number of nitrogens with zero attached hydrogens (tertiary/aromatic N) is 2. The van der Waals surface area contributed by atoms with Gasteiger partial charge in [-0.25, -0.2) is 9.97 Å². The third-order valence-electron chi connectivity index (χ3n) is 11.6. The Morgan fingerprint density at radius 3 is 1.78 bits per heavy atom. The number of hydrogen-bond donors (Lipinski definition) is 0. The van der Waals surface area contributed by atoms with Crippen molar-refractivity contribution in [3.63, 3.8) is 0 Å². The zero-order chi connectivity index (χ0) is 36.5. The fourth-order valence-corrected chi connectivity index (χ4v) is 8.85. The molecule has 2 heterocycles. The molecular formula is C52H34N2O. The lowest BCUT2D eigenvalue weighted by Crippen LogP contribution is -2.22. The van der Waals surface area contributed by atoms with Crippen LogP contribution in [0.15, 0.2) is 192 Å². The molecule has 11 rings (SSSR count). The van der Waals surface area contributed by atoms with E-state index in [0.29, 0.717) is 5.82 Å². The molecule has 0 aliphatic heterocycles. The Bertz CT molecular complexity index is 3110. The Morgan fingerprint density at radius 1 is 0.382 bits per heavy atom. The first-order valence-corrected chi connectivity index (χ1v) is 18.8. The smallest absolute Gasteiger partial charge is 0.161 e. The molecule has 258 valence electrons. The molecule has 3 nitrogen and oxygen atoms in total. The molecule has 0 saturated carbocycles. The van der Waals surface area contributed by atoms with Gasteiger partial charge >= 0.3 is 0 Å². The largest absolute Gasteiger partial charge is 0.456 e. The molecular weight excluding hydrogens is 669 g/mol. The van der Waals surface area contributed by atoms with Crippen LogP contribution in [0.2, 0.25) is 0 Å². The number of para-hydroxylation sites is 1. The van der Waals surface area contributed by atoms with Gasteiger partial charge in [-0.05, 0) is 99.1 Å². The Labute approximate surface area is 319 Å². The van der Waals surface area contributed by atoms with Gasteiger partial charge < -0.3 is 4.42 Å². The molecule has 0 fully saturated rings. The van der Waals surface area contributed by atoms with Gasteiger partial charge in [0.05, 0.1) is 11.4 Å². The second-order valence-corrected chi connectivity index (χ2v) is 14.6. The summed E-state index contributed by atoms with van der Waals surface area (Å²) in [6.45, 7) is 2.37. The van der Waals surface area contributed by atoms with E-state index in [4.69, 9.17) is 14.4 Å². The second-order valence-electron chi connectivity index (χ2n) is 14.6. The van der Waals surface area contributed by atoms with E-state index in [2.05, 4.69) is 177 Å². The van der Waals surface area contributed by atoms with Gasteiger partial charge in [0.25, 0.3) is 0 Å². The van der Waals surface area contributed by atoms with E-state index in [-0.39, 0.29) is 5.41 Å². The highest BCUT2D eigenvalue weighted by Gasteiger charge is 2.40. The molecule has 55 heavy (non-hydrogen) atoms. The average molecular weight is 703 g/mol. The maximum Gasteiger partial charge on any atom is 0.161 e. The summed E-state index contributed by atoms with van der Waals surface area (Å²) in [6, 6.07) is 67.0. The highest BCUT2D eigenvalue weighted by atomic mass is 16.3. The molecule has 1 unspecified atom stereocenters. The lowest BCUT2D eigenvalue weighted by Gasteiger charge is -2.28. The standard InChI is InChI=1S/C52H34N2O/c1-52(36-16-6-3-7-17-36)45-22-12-10-20-40(45)41-26-24-34(31-46(41)52)37-27-28-43(39-19-9-8-18-38(37)39)51-53-47(33-14-4-2-5-15-33)32-48(54-51)35-25-29-50-44(30-35)42-21-11-13-23-49(42)55-50/h2-32H,1H3. The van der Waals surface area contributed by atoms with Crippen LogP contribution in [-0.2, 0) is 5.41 Å². The minimum absolute atomic E-state index is 0.271. The Balaban J connectivity index is 1.08. The van der Waals surface area contributed by atoms with Crippen molar-refractivity contribution in [2.75, 3.05) is 0 Å². The SMILES string of the molecule is CC1(c2ccccc2)c2ccccc2-c2ccc(-c3ccc(-c4nc(-c5ccccc5)cc(-c5ccc6oc7ccccc7c6c5)n4)c4ccccc34)cc21. The Hall–Kier alpha value is -7.10. The molecule has 0 bridgehead atoms. The predicted octanol–water partition coefficient (Wildman–Crippen LogP) is 13.5. The summed E-state index contributed by atoms with van der Waals surface area (Å²) < 4.78 is 6.17. The van der Waals surface area contributed by atoms with Crippen LogP contribution >= 0.6 is 0 Å². The topological polar surface area (TPSA) is 38.9 Å². The third kappa shape index (κ3) is 4.90. The van der Waals surface area contributed by atoms with Crippen molar-refractivity contribution in [1.82, 2.24) is 9.97 Å². The third-order valence-corrected chi connectivity index (χ3v) is 11.6. The molecule has 0 saturated heterocycles. The van der Waals surface area contributed by atoms with E-state index < -0.39 is 0 Å². The molecule has 3 heteroatoms. The second kappa shape index (κ2) is 12.2. The van der Waals surface area contributed by atoms with E-state index >= 15 is 0 Å². The molecule has 0 amide bonds. The summed E-state index contributed by atoms with van der Waals surface area (Å²) in [5.41, 5.74) is 15.2. The lowest BCUT2D eigenvalue weighted by molar-refractivity contribution is 0.669. The van der Waals surface area contributed by atoms with Crippen molar-refractivity contribution in [2.45, 2.75) is 12.3 Å². The van der Waals surface area contributed by atoms with E-state index in [9.17, 15) is 0 Å². The highest BCUT2D eigenvalue weighted by Crippen LogP contribution is 2.53. The first-order valence-electron chi connectivity index (χ1n) is 18.8. The summed E-state index contributed by atoms with van der Waals surface area (Å²) >= 11 is 0. The summed E-state index contributed by atoms with van der Waals surface area (Å²) in [4.78, 5) is 10.6. The van der Waals surface area contributed by atoms with Crippen LogP contribution in [0.1, 0.15) is 23.6 Å². The summed E-state index contributed by atoms with van der Waals surface area (Å²) in [5, 5.41) is 4.45. The highest BCUT2D eigenvalue weighted by molar-refractivity contribution is 6.07. The molecule has 1 aliphatic rings. The fourth-order valence-electron chi connectivity index (χ4n) is 8.85. The van der Waals surface area contributed by atoms with Crippen LogP contribution in [0, 0.1) is 0 Å². The lowest BCUT2D eigenvalue weighted by atomic mass is 9.74. The van der Waals surface area contributed by atoms with Crippen molar-refractivity contribution in [3.05, 3.63) is 205 Å². The van der Waals surface area contributed by atoms with E-state index in [0.717, 1.165) is 55.4 Å². The number of aromatic nitrogens is 2. The van der Waals surface area contributed by atoms with Crippen LogP contribution in [-0.4, -0.2) is 9.97 Å². The minimum Gasteiger partial charge on any atom is -0.456 e. The maximum absolute atomic E-state index is 6.17. The van der Waals surface area contributed by atoms with Gasteiger partial charge in [-0.2, -0.15) is 0 Å². The van der Waals surface area contributed by atoms with E-state index in [1.165, 1.54) is 44.3 Å². The predicted molar refractivity (Wildman–Crippen MR) is 226 cm³/mol. The minimum atomic E-state index is -0.271. The first-order chi connectivity index (χ1) is 27.1. The van der Waals surface area contributed by atoms with Gasteiger partial charge in [0.2, 0.25) is 0 Å². The van der Waals surface area contributed by atoms with Gasteiger partial charge in [0, 0.05) is 32.9 Å². The molecule has 8 aromatic carbocycles. The quantitative estimate of drug-likeness (QED) is 0.179. The van der Waals surface area contributed by atoms with Crippen molar-refractivity contribution in [2.24, 2.45) is 0 Å². The number of rotatable bonds is 5. The molecule has 1 atom stereocenters. The number of hydrogen-bond acceptors (Lipinski definition) is 3. The zero-order valence-corrected chi connectivity index (χ0v) is 30.2. The molecule has 0 radical (unpaired) electrons. The van der Waals surface area contributed by atoms with Crippen molar-refractivity contribution < 1.29 is 4.42 Å². The van der Waals surface area contributed by atoms with Gasteiger partial charge in [-0.1, -0.05) is 146 Å². The average Bonchev–Trinajstić information content (AvgIpc) is 3.76. The fraction of sp³-hybridized carbons (Fsp3) is 0.0385. The van der Waals surface area contributed by atoms with E-state index in [1.54, 1.807) is 0 Å². The van der Waals surface area contributed by atoms with Crippen LogP contribution in [0.5, 0.6) is 0 Å². The maximum atomic E-state index is 6.17. The summed E-state index contributed by atoms with van der Waals surface area (Å²) in [6.07, 6.45) is 0. The van der Waals surface area contributed by atoms with Gasteiger partial charge in [-0.3, -0.25) is 0 Å². The number of fused-ring (bicyclic) bond motifs is 7. The molecule has 2 aromatic heterocycles. The van der Waals surface area contributed by atoms with Crippen molar-refractivity contribution in [1.29, 1.82) is 0 Å².